The normalized spacial score (nSPS) is 16.1. The molecule has 0 saturated carbocycles. The van der Waals surface area contributed by atoms with Crippen LogP contribution in [0.2, 0.25) is 0 Å². The number of carbonyl (C=O) groups excluding carboxylic acids is 4. The number of benzene rings is 1. The van der Waals surface area contributed by atoms with E-state index in [1.807, 2.05) is 13.8 Å². The second-order valence-electron chi connectivity index (χ2n) is 6.51. The van der Waals surface area contributed by atoms with E-state index in [1.54, 1.807) is 31.2 Å². The highest BCUT2D eigenvalue weighted by atomic mass is 16.2. The fourth-order valence-corrected chi connectivity index (χ4v) is 2.68. The number of Topliss-reactive ketones (excluding diaryl/α,β-unsaturated/α-hetero) is 1. The van der Waals surface area contributed by atoms with Gasteiger partial charge in [-0.2, -0.15) is 0 Å². The number of rotatable bonds is 6. The minimum atomic E-state index is -0.931. The summed E-state index contributed by atoms with van der Waals surface area (Å²) in [6, 6.07) is 4.93. The van der Waals surface area contributed by atoms with Crippen molar-refractivity contribution in [2.45, 2.75) is 46.2 Å². The zero-order chi connectivity index (χ0) is 18.0. The van der Waals surface area contributed by atoms with Crippen molar-refractivity contribution < 1.29 is 19.2 Å². The first-order valence-electron chi connectivity index (χ1n) is 8.01. The van der Waals surface area contributed by atoms with Gasteiger partial charge >= 0.3 is 0 Å². The van der Waals surface area contributed by atoms with Gasteiger partial charge in [0.1, 0.15) is 6.04 Å². The molecule has 1 aromatic carbocycles. The predicted molar refractivity (Wildman–Crippen MR) is 88.5 cm³/mol. The van der Waals surface area contributed by atoms with E-state index in [2.05, 4.69) is 5.32 Å². The molecule has 1 heterocycles. The number of fused-ring (bicyclic) bond motifs is 1. The molecular formula is C18H22N2O4. The molecular weight excluding hydrogens is 308 g/mol. The lowest BCUT2D eigenvalue weighted by atomic mass is 10.0. The van der Waals surface area contributed by atoms with Crippen LogP contribution in [0.5, 0.6) is 0 Å². The summed E-state index contributed by atoms with van der Waals surface area (Å²) in [7, 11) is 0. The second kappa shape index (κ2) is 6.95. The third kappa shape index (κ3) is 3.37. The van der Waals surface area contributed by atoms with Crippen molar-refractivity contribution in [3.8, 4) is 0 Å². The lowest BCUT2D eigenvalue weighted by Crippen LogP contribution is -2.52. The van der Waals surface area contributed by atoms with Gasteiger partial charge in [-0.15, -0.1) is 0 Å². The van der Waals surface area contributed by atoms with E-state index in [9.17, 15) is 19.2 Å². The van der Waals surface area contributed by atoms with Gasteiger partial charge in [0.2, 0.25) is 5.91 Å². The molecule has 0 bridgehead atoms. The number of hydrogen-bond acceptors (Lipinski definition) is 4. The molecule has 2 unspecified atom stereocenters. The van der Waals surface area contributed by atoms with Crippen molar-refractivity contribution in [3.05, 3.63) is 35.4 Å². The molecule has 1 aromatic rings. The molecule has 0 saturated heterocycles. The summed E-state index contributed by atoms with van der Waals surface area (Å²) in [4.78, 5) is 50.2. The first-order chi connectivity index (χ1) is 11.2. The summed E-state index contributed by atoms with van der Waals surface area (Å²) in [5, 5.41) is 2.59. The molecule has 6 heteroatoms. The molecule has 24 heavy (non-hydrogen) atoms. The highest BCUT2D eigenvalue weighted by Crippen LogP contribution is 2.27. The number of nitrogens with one attached hydrogen (secondary N) is 1. The van der Waals surface area contributed by atoms with E-state index < -0.39 is 29.8 Å². The zero-order valence-electron chi connectivity index (χ0n) is 14.3. The van der Waals surface area contributed by atoms with Gasteiger partial charge < -0.3 is 5.32 Å². The van der Waals surface area contributed by atoms with E-state index in [-0.39, 0.29) is 11.7 Å². The number of carbonyl (C=O) groups is 4. The Kier molecular flexibility index (Phi) is 5.17. The van der Waals surface area contributed by atoms with Crippen LogP contribution in [0, 0.1) is 5.92 Å². The Hall–Kier alpha value is -2.50. The van der Waals surface area contributed by atoms with Gasteiger partial charge in [0.05, 0.1) is 17.2 Å². The fourth-order valence-electron chi connectivity index (χ4n) is 2.68. The van der Waals surface area contributed by atoms with Crippen molar-refractivity contribution in [2.24, 2.45) is 5.92 Å². The minimum Gasteiger partial charge on any atom is -0.345 e. The number of amides is 3. The summed E-state index contributed by atoms with van der Waals surface area (Å²) >= 11 is 0. The average molecular weight is 330 g/mol. The van der Waals surface area contributed by atoms with Crippen LogP contribution < -0.4 is 5.32 Å². The summed E-state index contributed by atoms with van der Waals surface area (Å²) in [5.74, 6) is -1.51. The number of ketones is 1. The maximum atomic E-state index is 12.6. The second-order valence-corrected chi connectivity index (χ2v) is 6.51. The lowest BCUT2D eigenvalue weighted by molar-refractivity contribution is -0.129. The van der Waals surface area contributed by atoms with Crippen molar-refractivity contribution in [3.63, 3.8) is 0 Å². The van der Waals surface area contributed by atoms with E-state index >= 15 is 0 Å². The Balaban J connectivity index is 2.32. The zero-order valence-corrected chi connectivity index (χ0v) is 14.3. The third-order valence-corrected chi connectivity index (χ3v) is 4.10. The minimum absolute atomic E-state index is 0.0951. The molecule has 3 amide bonds. The summed E-state index contributed by atoms with van der Waals surface area (Å²) in [6.45, 7) is 6.78. The van der Waals surface area contributed by atoms with Crippen molar-refractivity contribution in [1.82, 2.24) is 10.2 Å². The van der Waals surface area contributed by atoms with Crippen molar-refractivity contribution in [1.29, 1.82) is 0 Å². The molecule has 0 fully saturated rings. The Morgan fingerprint density at radius 3 is 1.96 bits per heavy atom. The van der Waals surface area contributed by atoms with Crippen LogP contribution in [-0.2, 0) is 9.59 Å². The molecule has 2 rings (SSSR count). The molecule has 6 nitrogen and oxygen atoms in total. The highest BCUT2D eigenvalue weighted by molar-refractivity contribution is 6.22. The van der Waals surface area contributed by atoms with Gasteiger partial charge in [0, 0.05) is 0 Å². The summed E-state index contributed by atoms with van der Waals surface area (Å²) in [5.41, 5.74) is 0.618. The number of hydrogen-bond donors (Lipinski definition) is 1. The van der Waals surface area contributed by atoms with Crippen LogP contribution in [0.25, 0.3) is 0 Å². The van der Waals surface area contributed by atoms with E-state index in [0.717, 1.165) is 4.90 Å². The van der Waals surface area contributed by atoms with Crippen molar-refractivity contribution in [2.75, 3.05) is 0 Å². The molecule has 0 radical (unpaired) electrons. The quantitative estimate of drug-likeness (QED) is 0.806. The molecule has 128 valence electrons. The van der Waals surface area contributed by atoms with Gasteiger partial charge in [0.15, 0.2) is 5.78 Å². The van der Waals surface area contributed by atoms with Crippen LogP contribution in [0.3, 0.4) is 0 Å². The first kappa shape index (κ1) is 17.8. The summed E-state index contributed by atoms with van der Waals surface area (Å²) in [6.07, 6.45) is 0.335. The largest absolute Gasteiger partial charge is 0.345 e. The standard InChI is InChI=1S/C18H22N2O4/c1-10(2)9-15(16(22)19-11(3)12(4)21)20-17(23)13-7-5-6-8-14(13)18(20)24/h5-8,10-11,15H,9H2,1-4H3,(H,19,22). The fraction of sp³-hybridized carbons (Fsp3) is 0.444. The summed E-state index contributed by atoms with van der Waals surface area (Å²) < 4.78 is 0. The van der Waals surface area contributed by atoms with E-state index in [0.29, 0.717) is 17.5 Å². The van der Waals surface area contributed by atoms with Gasteiger partial charge in [-0.1, -0.05) is 26.0 Å². The van der Waals surface area contributed by atoms with Crippen LogP contribution in [0.1, 0.15) is 54.8 Å². The van der Waals surface area contributed by atoms with Crippen LogP contribution in [-0.4, -0.2) is 40.5 Å². The number of imide groups is 1. The molecule has 0 spiro atoms. The van der Waals surface area contributed by atoms with E-state index in [4.69, 9.17) is 0 Å². The van der Waals surface area contributed by atoms with E-state index in [1.165, 1.54) is 6.92 Å². The van der Waals surface area contributed by atoms with Crippen molar-refractivity contribution >= 4 is 23.5 Å². The average Bonchev–Trinajstić information content (AvgIpc) is 2.77. The predicted octanol–water partition coefficient (Wildman–Crippen LogP) is 1.79. The Bertz CT molecular complexity index is 661. The Morgan fingerprint density at radius 2 is 1.54 bits per heavy atom. The smallest absolute Gasteiger partial charge is 0.262 e. The highest BCUT2D eigenvalue weighted by Gasteiger charge is 2.43. The topological polar surface area (TPSA) is 83.6 Å². The molecule has 1 N–H and O–H groups in total. The monoisotopic (exact) mass is 330 g/mol. The third-order valence-electron chi connectivity index (χ3n) is 4.10. The molecule has 1 aliphatic heterocycles. The van der Waals surface area contributed by atoms with Gasteiger partial charge in [-0.3, -0.25) is 24.1 Å². The SMILES string of the molecule is CC(=O)C(C)NC(=O)C(CC(C)C)N1C(=O)c2ccccc2C1=O. The molecule has 0 aliphatic carbocycles. The van der Waals surface area contributed by atoms with Crippen LogP contribution in [0.4, 0.5) is 0 Å². The molecule has 2 atom stereocenters. The van der Waals surface area contributed by atoms with Crippen LogP contribution >= 0.6 is 0 Å². The molecule has 0 aromatic heterocycles. The van der Waals surface area contributed by atoms with Gasteiger partial charge in [-0.05, 0) is 38.3 Å². The Labute approximate surface area is 141 Å². The molecule has 1 aliphatic rings. The first-order valence-corrected chi connectivity index (χ1v) is 8.01. The lowest BCUT2D eigenvalue weighted by Gasteiger charge is -2.27. The Morgan fingerprint density at radius 1 is 1.04 bits per heavy atom. The van der Waals surface area contributed by atoms with Gasteiger partial charge in [0.25, 0.3) is 11.8 Å². The number of nitrogens with zero attached hydrogens (tertiary/aromatic N) is 1. The van der Waals surface area contributed by atoms with Gasteiger partial charge in [-0.25, -0.2) is 0 Å². The maximum Gasteiger partial charge on any atom is 0.262 e. The maximum absolute atomic E-state index is 12.6. The van der Waals surface area contributed by atoms with Crippen LogP contribution in [0.15, 0.2) is 24.3 Å².